The minimum Gasteiger partial charge on any atom is -0.269 e. The number of pyridine rings is 1. The van der Waals surface area contributed by atoms with E-state index in [0.29, 0.717) is 5.92 Å². The Kier molecular flexibility index (Phi) is 5.97. The Morgan fingerprint density at radius 2 is 1.10 bits per heavy atom. The molecule has 0 aliphatic carbocycles. The fourth-order valence-electron chi connectivity index (χ4n) is 6.47. The number of rotatable bonds is 4. The van der Waals surface area contributed by atoms with Gasteiger partial charge in [0.25, 0.3) is 0 Å². The van der Waals surface area contributed by atoms with E-state index in [4.69, 9.17) is 0 Å². The lowest BCUT2D eigenvalue weighted by Crippen LogP contribution is -2.00. The molecular weight excluding hydrogens is 508 g/mol. The van der Waals surface area contributed by atoms with E-state index in [-0.39, 0.29) is 0 Å². The molecule has 1 aromatic heterocycles. The molecule has 42 heavy (non-hydrogen) atoms. The van der Waals surface area contributed by atoms with E-state index < -0.39 is 0 Å². The van der Waals surface area contributed by atoms with Crippen molar-refractivity contribution in [3.05, 3.63) is 152 Å². The number of hydrogen-bond acceptors (Lipinski definition) is 2. The Hall–Kier alpha value is -5.34. The molecule has 0 N–H and O–H groups in total. The van der Waals surface area contributed by atoms with Crippen molar-refractivity contribution in [2.75, 3.05) is 0 Å². The van der Waals surface area contributed by atoms with Crippen molar-refractivity contribution in [1.29, 1.82) is 0 Å². The molecule has 8 rings (SSSR count). The lowest BCUT2D eigenvalue weighted by atomic mass is 9.85. The Morgan fingerprint density at radius 3 is 1.74 bits per heavy atom. The molecule has 1 atom stereocenters. The molecule has 1 aliphatic heterocycles. The number of nitrogens with zero attached hydrogens (tertiary/aromatic N) is 2. The first-order valence-electron chi connectivity index (χ1n) is 14.5. The monoisotopic (exact) mass is 536 g/mol. The maximum Gasteiger partial charge on any atom is 0.0346 e. The molecule has 0 spiro atoms. The second kappa shape index (κ2) is 10.2. The van der Waals surface area contributed by atoms with Gasteiger partial charge in [0.2, 0.25) is 0 Å². The number of benzene rings is 6. The molecular formula is C40H28N2. The van der Waals surface area contributed by atoms with Gasteiger partial charge in [-0.2, -0.15) is 0 Å². The van der Waals surface area contributed by atoms with Crippen molar-refractivity contribution < 1.29 is 0 Å². The summed E-state index contributed by atoms with van der Waals surface area (Å²) < 4.78 is 0. The minimum absolute atomic E-state index is 0.330. The molecule has 6 aromatic carbocycles. The van der Waals surface area contributed by atoms with E-state index in [2.05, 4.69) is 137 Å². The highest BCUT2D eigenvalue weighted by atomic mass is 14.7. The molecule has 1 unspecified atom stereocenters. The standard InChI is InChI=1S/C40H28N2/c1-2-8-28(9-3-1)39-35-10-4-6-12-37(35)40(38-13-7-5-11-36(38)39)32-17-16-29-22-31(15-14-30(29)23-32)34-24-33(25-42-26-34)27-18-20-41-21-19-27/h1-18,20-27H,19H2. The van der Waals surface area contributed by atoms with Crippen LogP contribution in [-0.4, -0.2) is 11.2 Å². The molecule has 0 amide bonds. The van der Waals surface area contributed by atoms with E-state index in [9.17, 15) is 0 Å². The third kappa shape index (κ3) is 4.20. The maximum absolute atomic E-state index is 4.58. The summed E-state index contributed by atoms with van der Waals surface area (Å²) in [6.45, 7) is 0. The van der Waals surface area contributed by atoms with Gasteiger partial charge in [0.1, 0.15) is 0 Å². The SMILES string of the molecule is C1=CC(c2cncc(-c3ccc4cc(-c5c6ccccc6c(-c6ccccc6)c6ccccc56)ccc4c3)c2)CC=N1. The van der Waals surface area contributed by atoms with Crippen LogP contribution in [0.25, 0.3) is 65.7 Å². The topological polar surface area (TPSA) is 25.2 Å². The molecule has 1 aliphatic rings. The fourth-order valence-corrected chi connectivity index (χ4v) is 6.47. The zero-order valence-electron chi connectivity index (χ0n) is 23.1. The number of hydrogen-bond donors (Lipinski definition) is 0. The summed E-state index contributed by atoms with van der Waals surface area (Å²) in [5.74, 6) is 0.330. The average Bonchev–Trinajstić information content (AvgIpc) is 3.07. The zero-order valence-corrected chi connectivity index (χ0v) is 23.1. The highest BCUT2D eigenvalue weighted by Gasteiger charge is 2.17. The molecule has 2 nitrogen and oxygen atoms in total. The lowest BCUT2D eigenvalue weighted by Gasteiger charge is -2.18. The first-order chi connectivity index (χ1) is 20.8. The van der Waals surface area contributed by atoms with Gasteiger partial charge < -0.3 is 0 Å². The van der Waals surface area contributed by atoms with Crippen LogP contribution < -0.4 is 0 Å². The molecule has 198 valence electrons. The molecule has 0 bridgehead atoms. The van der Waals surface area contributed by atoms with E-state index in [1.807, 2.05) is 24.8 Å². The van der Waals surface area contributed by atoms with Gasteiger partial charge >= 0.3 is 0 Å². The van der Waals surface area contributed by atoms with E-state index in [1.54, 1.807) is 0 Å². The third-order valence-corrected chi connectivity index (χ3v) is 8.51. The van der Waals surface area contributed by atoms with Crippen molar-refractivity contribution in [2.24, 2.45) is 4.99 Å². The van der Waals surface area contributed by atoms with Crippen molar-refractivity contribution >= 4 is 38.5 Å². The maximum atomic E-state index is 4.58. The summed E-state index contributed by atoms with van der Waals surface area (Å²) in [7, 11) is 0. The van der Waals surface area contributed by atoms with Crippen LogP contribution in [0.2, 0.25) is 0 Å². The van der Waals surface area contributed by atoms with Gasteiger partial charge in [0.15, 0.2) is 0 Å². The summed E-state index contributed by atoms with van der Waals surface area (Å²) in [5.41, 5.74) is 8.60. The predicted octanol–water partition coefficient (Wildman–Crippen LogP) is 10.6. The van der Waals surface area contributed by atoms with E-state index in [1.165, 1.54) is 65.7 Å². The lowest BCUT2D eigenvalue weighted by molar-refractivity contribution is 0.879. The van der Waals surface area contributed by atoms with Gasteiger partial charge in [-0.3, -0.25) is 9.98 Å². The zero-order chi connectivity index (χ0) is 27.9. The summed E-state index contributed by atoms with van der Waals surface area (Å²) in [6.07, 6.45) is 10.9. The van der Waals surface area contributed by atoms with Gasteiger partial charge in [-0.05, 0) is 90.3 Å². The summed E-state index contributed by atoms with van der Waals surface area (Å²) in [4.78, 5) is 8.80. The quantitative estimate of drug-likeness (QED) is 0.205. The Bertz CT molecular complexity index is 2120. The number of allylic oxidation sites excluding steroid dienone is 1. The van der Waals surface area contributed by atoms with Crippen LogP contribution in [0.4, 0.5) is 0 Å². The van der Waals surface area contributed by atoms with Crippen LogP contribution in [0.3, 0.4) is 0 Å². The van der Waals surface area contributed by atoms with Gasteiger partial charge in [-0.25, -0.2) is 0 Å². The molecule has 7 aromatic rings. The van der Waals surface area contributed by atoms with Crippen LogP contribution in [0.5, 0.6) is 0 Å². The third-order valence-electron chi connectivity index (χ3n) is 8.51. The van der Waals surface area contributed by atoms with Gasteiger partial charge in [0.05, 0.1) is 0 Å². The van der Waals surface area contributed by atoms with Crippen LogP contribution >= 0.6 is 0 Å². The van der Waals surface area contributed by atoms with E-state index in [0.717, 1.165) is 12.0 Å². The first kappa shape index (κ1) is 24.5. The van der Waals surface area contributed by atoms with Crippen molar-refractivity contribution in [1.82, 2.24) is 4.98 Å². The smallest absolute Gasteiger partial charge is 0.0346 e. The van der Waals surface area contributed by atoms with Crippen molar-refractivity contribution in [3.8, 4) is 33.4 Å². The van der Waals surface area contributed by atoms with Crippen LogP contribution in [0.15, 0.2) is 151 Å². The molecule has 0 radical (unpaired) electrons. The molecule has 2 heteroatoms. The summed E-state index contributed by atoms with van der Waals surface area (Å²) in [6, 6.07) is 44.3. The van der Waals surface area contributed by atoms with Crippen molar-refractivity contribution in [3.63, 3.8) is 0 Å². The predicted molar refractivity (Wildman–Crippen MR) is 178 cm³/mol. The minimum atomic E-state index is 0.330. The van der Waals surface area contributed by atoms with Crippen molar-refractivity contribution in [2.45, 2.75) is 12.3 Å². The first-order valence-corrected chi connectivity index (χ1v) is 14.5. The molecule has 0 saturated carbocycles. The average molecular weight is 537 g/mol. The fraction of sp³-hybridized carbons (Fsp3) is 0.0500. The number of fused-ring (bicyclic) bond motifs is 3. The summed E-state index contributed by atoms with van der Waals surface area (Å²) >= 11 is 0. The van der Waals surface area contributed by atoms with Gasteiger partial charge in [0, 0.05) is 36.3 Å². The Balaban J connectivity index is 1.27. The molecule has 0 fully saturated rings. The number of aliphatic imine (C=N–C) groups is 1. The number of aromatic nitrogens is 1. The van der Waals surface area contributed by atoms with Crippen LogP contribution in [-0.2, 0) is 0 Å². The van der Waals surface area contributed by atoms with Crippen LogP contribution in [0.1, 0.15) is 17.9 Å². The molecule has 0 saturated heterocycles. The highest BCUT2D eigenvalue weighted by Crippen LogP contribution is 2.44. The van der Waals surface area contributed by atoms with Gasteiger partial charge in [-0.15, -0.1) is 0 Å². The largest absolute Gasteiger partial charge is 0.269 e. The normalized spacial score (nSPS) is 14.6. The second-order valence-corrected chi connectivity index (χ2v) is 11.0. The van der Waals surface area contributed by atoms with Crippen LogP contribution in [0, 0.1) is 0 Å². The second-order valence-electron chi connectivity index (χ2n) is 11.0. The summed E-state index contributed by atoms with van der Waals surface area (Å²) in [5, 5.41) is 7.55. The molecule has 2 heterocycles. The van der Waals surface area contributed by atoms with E-state index >= 15 is 0 Å². The Labute approximate surface area is 245 Å². The van der Waals surface area contributed by atoms with Gasteiger partial charge in [-0.1, -0.05) is 109 Å². The Morgan fingerprint density at radius 1 is 0.500 bits per heavy atom. The highest BCUT2D eigenvalue weighted by molar-refractivity contribution is 6.21.